The molecule has 0 aromatic carbocycles. The first-order valence-corrected chi connectivity index (χ1v) is 13.9. The van der Waals surface area contributed by atoms with E-state index in [1.807, 2.05) is 0 Å². The number of hydrogen-bond donors (Lipinski definition) is 2. The molecule has 35 heavy (non-hydrogen) atoms. The Morgan fingerprint density at radius 1 is 1.17 bits per heavy atom. The molecule has 3 saturated carbocycles. The Morgan fingerprint density at radius 3 is 2.60 bits per heavy atom. The van der Waals surface area contributed by atoms with Crippen LogP contribution in [0.15, 0.2) is 11.6 Å². The molecule has 6 aliphatic rings. The molecule has 6 heteroatoms. The molecule has 5 fully saturated rings. The van der Waals surface area contributed by atoms with E-state index in [2.05, 4.69) is 26.8 Å². The summed E-state index contributed by atoms with van der Waals surface area (Å²) in [5, 5.41) is 22.3. The summed E-state index contributed by atoms with van der Waals surface area (Å²) in [6, 6.07) is 0. The second-order valence-electron chi connectivity index (χ2n) is 14.0. The molecule has 6 nitrogen and oxygen atoms in total. The number of hydrogen-bond acceptors (Lipinski definition) is 6. The van der Waals surface area contributed by atoms with Crippen molar-refractivity contribution in [3.8, 4) is 0 Å². The van der Waals surface area contributed by atoms with Gasteiger partial charge in [-0.2, -0.15) is 0 Å². The van der Waals surface area contributed by atoms with Crippen molar-refractivity contribution in [2.75, 3.05) is 0 Å². The summed E-state index contributed by atoms with van der Waals surface area (Å²) in [6.45, 7) is 12.0. The summed E-state index contributed by atoms with van der Waals surface area (Å²) < 4.78 is 18.9. The van der Waals surface area contributed by atoms with Crippen LogP contribution in [0, 0.1) is 34.5 Å². The predicted octanol–water partition coefficient (Wildman–Crippen LogP) is 4.51. The van der Waals surface area contributed by atoms with Gasteiger partial charge in [0.25, 0.3) is 0 Å². The number of allylic oxidation sites excluding steroid dienone is 1. The number of aliphatic hydroxyl groups is 2. The summed E-state index contributed by atoms with van der Waals surface area (Å²) in [5.41, 5.74) is -0.195. The Labute approximate surface area is 209 Å². The zero-order chi connectivity index (χ0) is 25.2. The molecule has 196 valence electrons. The normalized spacial score (nSPS) is 54.7. The summed E-state index contributed by atoms with van der Waals surface area (Å²) in [6.07, 6.45) is 9.38. The van der Waals surface area contributed by atoms with E-state index in [-0.39, 0.29) is 34.9 Å². The molecule has 0 spiro atoms. The van der Waals surface area contributed by atoms with E-state index >= 15 is 0 Å². The minimum atomic E-state index is -1.19. The highest BCUT2D eigenvalue weighted by molar-refractivity contribution is 5.66. The molecule has 4 aliphatic carbocycles. The van der Waals surface area contributed by atoms with Gasteiger partial charge in [-0.15, -0.1) is 0 Å². The highest BCUT2D eigenvalue weighted by Gasteiger charge is 2.75. The van der Waals surface area contributed by atoms with Crippen LogP contribution < -0.4 is 0 Å². The van der Waals surface area contributed by atoms with Gasteiger partial charge in [-0.3, -0.25) is 4.79 Å². The second-order valence-corrected chi connectivity index (χ2v) is 14.0. The molecular formula is C29H44O6. The minimum absolute atomic E-state index is 0.0102. The van der Waals surface area contributed by atoms with Crippen molar-refractivity contribution in [3.63, 3.8) is 0 Å². The maximum Gasteiger partial charge on any atom is 0.302 e. The van der Waals surface area contributed by atoms with E-state index in [1.165, 1.54) is 18.9 Å². The van der Waals surface area contributed by atoms with E-state index in [0.29, 0.717) is 24.2 Å². The lowest BCUT2D eigenvalue weighted by Gasteiger charge is -2.59. The van der Waals surface area contributed by atoms with E-state index < -0.39 is 23.1 Å². The molecule has 2 N–H and O–H groups in total. The third-order valence-electron chi connectivity index (χ3n) is 11.8. The fourth-order valence-electron chi connectivity index (χ4n) is 10.1. The van der Waals surface area contributed by atoms with Crippen LogP contribution in [0.5, 0.6) is 0 Å². The van der Waals surface area contributed by atoms with Crippen molar-refractivity contribution in [1.29, 1.82) is 0 Å². The van der Waals surface area contributed by atoms with Crippen LogP contribution in [0.25, 0.3) is 0 Å². The molecule has 2 aliphatic heterocycles. The molecule has 2 bridgehead atoms. The first-order valence-electron chi connectivity index (χ1n) is 13.9. The van der Waals surface area contributed by atoms with Gasteiger partial charge in [0.1, 0.15) is 17.3 Å². The van der Waals surface area contributed by atoms with Gasteiger partial charge in [0, 0.05) is 25.7 Å². The smallest absolute Gasteiger partial charge is 0.302 e. The van der Waals surface area contributed by atoms with Crippen LogP contribution in [-0.4, -0.2) is 51.5 Å². The highest BCUT2D eigenvalue weighted by Crippen LogP contribution is 2.71. The van der Waals surface area contributed by atoms with E-state index in [0.717, 1.165) is 38.5 Å². The van der Waals surface area contributed by atoms with Gasteiger partial charge in [0.2, 0.25) is 0 Å². The Balaban J connectivity index is 1.32. The molecule has 0 radical (unpaired) electrons. The Morgan fingerprint density at radius 2 is 1.91 bits per heavy atom. The van der Waals surface area contributed by atoms with Crippen LogP contribution in [0.3, 0.4) is 0 Å². The van der Waals surface area contributed by atoms with E-state index in [1.54, 1.807) is 13.8 Å². The Bertz CT molecular complexity index is 953. The lowest BCUT2D eigenvalue weighted by Crippen LogP contribution is -2.63. The lowest BCUT2D eigenvalue weighted by atomic mass is 9.46. The molecule has 0 amide bonds. The number of aliphatic hydroxyl groups excluding tert-OH is 1. The van der Waals surface area contributed by atoms with Crippen LogP contribution in [0.2, 0.25) is 0 Å². The first-order chi connectivity index (χ1) is 16.2. The van der Waals surface area contributed by atoms with E-state index in [4.69, 9.17) is 14.2 Å². The maximum absolute atomic E-state index is 11.6. The minimum Gasteiger partial charge on any atom is -0.462 e. The van der Waals surface area contributed by atoms with Crippen LogP contribution in [-0.2, 0) is 19.0 Å². The number of ether oxygens (including phenoxy) is 3. The summed E-state index contributed by atoms with van der Waals surface area (Å²) in [7, 11) is 0. The highest BCUT2D eigenvalue weighted by atomic mass is 16.7. The topological polar surface area (TPSA) is 85.2 Å². The number of carbonyl (C=O) groups excluding carboxylic acids is 1. The summed E-state index contributed by atoms with van der Waals surface area (Å²) in [5.74, 6) is 0.504. The SMILES string of the molecule is CC(=O)O[C@H]1CC[C@@]2(C)C(=CC[C@H]3[C@@H]4C[C@@H]5O[C@@]6(C(C)(C)O)C[C@@H](O)[C@](C)(O6)[C@@H]5[C@@]4(C)CC[C@@H]32)C1. The molecule has 11 atom stereocenters. The largest absolute Gasteiger partial charge is 0.462 e. The van der Waals surface area contributed by atoms with Crippen molar-refractivity contribution >= 4 is 5.97 Å². The van der Waals surface area contributed by atoms with Gasteiger partial charge in [0.15, 0.2) is 5.79 Å². The number of fused-ring (bicyclic) bond motifs is 10. The molecule has 2 heterocycles. The van der Waals surface area contributed by atoms with Crippen molar-refractivity contribution < 1.29 is 29.2 Å². The quantitative estimate of drug-likeness (QED) is 0.439. The number of carbonyl (C=O) groups is 1. The first kappa shape index (κ1) is 24.4. The van der Waals surface area contributed by atoms with Crippen molar-refractivity contribution in [2.24, 2.45) is 34.5 Å². The zero-order valence-corrected chi connectivity index (χ0v) is 22.3. The Kier molecular flexibility index (Phi) is 5.11. The van der Waals surface area contributed by atoms with Crippen molar-refractivity contribution in [2.45, 2.75) is 128 Å². The lowest BCUT2D eigenvalue weighted by molar-refractivity contribution is -0.384. The third kappa shape index (κ3) is 3.12. The van der Waals surface area contributed by atoms with Gasteiger partial charge in [-0.25, -0.2) is 0 Å². The fourth-order valence-corrected chi connectivity index (χ4v) is 10.1. The van der Waals surface area contributed by atoms with Crippen LogP contribution in [0.1, 0.15) is 92.9 Å². The average Bonchev–Trinajstić information content (AvgIpc) is 3.16. The summed E-state index contributed by atoms with van der Waals surface area (Å²) in [4.78, 5) is 11.6. The third-order valence-corrected chi connectivity index (χ3v) is 11.8. The monoisotopic (exact) mass is 488 g/mol. The van der Waals surface area contributed by atoms with E-state index in [9.17, 15) is 15.0 Å². The molecule has 2 saturated heterocycles. The second kappa shape index (κ2) is 7.33. The zero-order valence-electron chi connectivity index (χ0n) is 22.3. The van der Waals surface area contributed by atoms with Gasteiger partial charge < -0.3 is 24.4 Å². The molecular weight excluding hydrogens is 444 g/mol. The molecule has 0 aromatic heterocycles. The van der Waals surface area contributed by atoms with Gasteiger partial charge >= 0.3 is 5.97 Å². The van der Waals surface area contributed by atoms with Gasteiger partial charge in [-0.05, 0) is 87.9 Å². The van der Waals surface area contributed by atoms with Crippen LogP contribution in [0.4, 0.5) is 0 Å². The number of rotatable bonds is 2. The number of esters is 1. The van der Waals surface area contributed by atoms with Crippen molar-refractivity contribution in [3.05, 3.63) is 11.6 Å². The molecule has 6 rings (SSSR count). The Hall–Kier alpha value is -0.950. The molecule has 0 unspecified atom stereocenters. The summed E-state index contributed by atoms with van der Waals surface area (Å²) >= 11 is 0. The van der Waals surface area contributed by atoms with Gasteiger partial charge in [0.05, 0.1) is 12.2 Å². The predicted molar refractivity (Wildman–Crippen MR) is 130 cm³/mol. The van der Waals surface area contributed by atoms with Crippen LogP contribution >= 0.6 is 0 Å². The van der Waals surface area contributed by atoms with Crippen molar-refractivity contribution in [1.82, 2.24) is 0 Å². The standard InChI is InChI=1S/C29H44O6/c1-16(30)33-18-9-11-26(4)17(13-18)7-8-19-20(26)10-12-27(5)21(19)14-22-24(27)28(6)23(31)15-29(34-22,35-28)25(2,3)32/h7,18-24,31-32H,8-15H2,1-6H3/t18-,19+,20-,21-,22-,23+,24-,26-,27-,28-,29-/m0/s1. The molecule has 0 aromatic rings. The maximum atomic E-state index is 11.6. The average molecular weight is 489 g/mol. The van der Waals surface area contributed by atoms with Gasteiger partial charge in [-0.1, -0.05) is 25.5 Å². The fraction of sp³-hybridized carbons (Fsp3) is 0.897.